The highest BCUT2D eigenvalue weighted by atomic mass is 79.9. The van der Waals surface area contributed by atoms with Crippen molar-refractivity contribution in [2.75, 3.05) is 20.3 Å². The van der Waals surface area contributed by atoms with Crippen LogP contribution in [0.3, 0.4) is 0 Å². The Morgan fingerprint density at radius 1 is 1.38 bits per heavy atom. The van der Waals surface area contributed by atoms with Gasteiger partial charge in [-0.05, 0) is 53.6 Å². The molecule has 6 nitrogen and oxygen atoms in total. The number of benzene rings is 1. The summed E-state index contributed by atoms with van der Waals surface area (Å²) in [5.41, 5.74) is 0.836. The number of methoxy groups -OCH3 is 1. The highest BCUT2D eigenvalue weighted by Gasteiger charge is 2.23. The summed E-state index contributed by atoms with van der Waals surface area (Å²) in [6.07, 6.45) is 6.19. The molecule has 7 heteroatoms. The van der Waals surface area contributed by atoms with Crippen LogP contribution in [0.1, 0.15) is 31.7 Å². The number of rotatable bonds is 5. The number of fused-ring (bicyclic) bond motifs is 1. The molecule has 24 heavy (non-hydrogen) atoms. The maximum atomic E-state index is 11.2. The minimum atomic E-state index is -0.423. The zero-order valence-corrected chi connectivity index (χ0v) is 15.2. The van der Waals surface area contributed by atoms with E-state index in [2.05, 4.69) is 25.8 Å². The van der Waals surface area contributed by atoms with Crippen molar-refractivity contribution in [2.24, 2.45) is 5.92 Å². The van der Waals surface area contributed by atoms with Crippen LogP contribution in [0.2, 0.25) is 0 Å². The van der Waals surface area contributed by atoms with Gasteiger partial charge in [0.2, 0.25) is 0 Å². The first-order valence-electron chi connectivity index (χ1n) is 8.09. The number of nitrogens with zero attached hydrogens (tertiary/aromatic N) is 2. The summed E-state index contributed by atoms with van der Waals surface area (Å²) in [7, 11) is 1.33. The van der Waals surface area contributed by atoms with Gasteiger partial charge in [0.1, 0.15) is 5.75 Å². The number of hydrogen-bond acceptors (Lipinski definition) is 5. The second-order valence-corrected chi connectivity index (χ2v) is 7.03. The largest absolute Gasteiger partial charge is 0.481 e. The second kappa shape index (κ2) is 7.53. The quantitative estimate of drug-likeness (QED) is 0.786. The van der Waals surface area contributed by atoms with E-state index in [9.17, 15) is 9.90 Å². The summed E-state index contributed by atoms with van der Waals surface area (Å²) in [5.74, 6) is 0.578. The van der Waals surface area contributed by atoms with Gasteiger partial charge in [-0.1, -0.05) is 0 Å². The van der Waals surface area contributed by atoms with E-state index in [1.807, 2.05) is 23.0 Å². The highest BCUT2D eigenvalue weighted by Crippen LogP contribution is 2.34. The van der Waals surface area contributed by atoms with Crippen LogP contribution in [-0.4, -0.2) is 41.2 Å². The standard InChI is InChI=1S/C17H21BrN2O4/c1-23-17(22)10-24-16-7-15-12(6-14(16)18)8-20(19-15)13-4-2-11(9-21)3-5-13/h6-8,11,13,21H,2-5,9-10H2,1H3. The average molecular weight is 397 g/mol. The predicted molar refractivity (Wildman–Crippen MR) is 93.0 cm³/mol. The molecule has 0 amide bonds. The zero-order valence-electron chi connectivity index (χ0n) is 13.6. The minimum Gasteiger partial charge on any atom is -0.481 e. The van der Waals surface area contributed by atoms with Crippen molar-refractivity contribution in [1.29, 1.82) is 0 Å². The average Bonchev–Trinajstić information content (AvgIpc) is 3.02. The van der Waals surface area contributed by atoms with E-state index in [4.69, 9.17) is 4.74 Å². The zero-order chi connectivity index (χ0) is 17.1. The topological polar surface area (TPSA) is 73.6 Å². The van der Waals surface area contributed by atoms with Gasteiger partial charge in [-0.25, -0.2) is 4.79 Å². The predicted octanol–water partition coefficient (Wildman–Crippen LogP) is 3.07. The number of halogens is 1. The number of ether oxygens (including phenoxy) is 2. The molecule has 1 heterocycles. The fourth-order valence-corrected chi connectivity index (χ4v) is 3.60. The molecule has 1 aliphatic rings. The second-order valence-electron chi connectivity index (χ2n) is 6.17. The van der Waals surface area contributed by atoms with Crippen molar-refractivity contribution in [1.82, 2.24) is 9.78 Å². The lowest BCUT2D eigenvalue weighted by Gasteiger charge is -2.27. The Morgan fingerprint density at radius 3 is 2.79 bits per heavy atom. The van der Waals surface area contributed by atoms with Crippen molar-refractivity contribution in [3.8, 4) is 5.75 Å². The third-order valence-electron chi connectivity index (χ3n) is 4.60. The Kier molecular flexibility index (Phi) is 5.40. The van der Waals surface area contributed by atoms with Crippen molar-refractivity contribution in [2.45, 2.75) is 31.7 Å². The first-order valence-corrected chi connectivity index (χ1v) is 8.89. The summed E-state index contributed by atoms with van der Waals surface area (Å²) in [6, 6.07) is 4.15. The molecular formula is C17H21BrN2O4. The van der Waals surface area contributed by atoms with E-state index in [0.717, 1.165) is 41.1 Å². The minimum absolute atomic E-state index is 0.132. The van der Waals surface area contributed by atoms with Gasteiger partial charge in [0, 0.05) is 24.3 Å². The normalized spacial score (nSPS) is 21.0. The Labute approximate surface area is 148 Å². The lowest BCUT2D eigenvalue weighted by atomic mass is 9.87. The van der Waals surface area contributed by atoms with Gasteiger partial charge in [-0.15, -0.1) is 0 Å². The highest BCUT2D eigenvalue weighted by molar-refractivity contribution is 9.10. The lowest BCUT2D eigenvalue weighted by molar-refractivity contribution is -0.142. The fourth-order valence-electron chi connectivity index (χ4n) is 3.13. The molecule has 130 valence electrons. The van der Waals surface area contributed by atoms with Crippen LogP contribution in [0.4, 0.5) is 0 Å². The molecule has 0 radical (unpaired) electrons. The maximum absolute atomic E-state index is 11.2. The Hall–Kier alpha value is -1.60. The first kappa shape index (κ1) is 17.2. The van der Waals surface area contributed by atoms with E-state index in [1.165, 1.54) is 7.11 Å². The Morgan fingerprint density at radius 2 is 2.12 bits per heavy atom. The number of aliphatic hydroxyl groups is 1. The van der Waals surface area contributed by atoms with E-state index < -0.39 is 5.97 Å². The summed E-state index contributed by atoms with van der Waals surface area (Å²) in [6.45, 7) is 0.147. The van der Waals surface area contributed by atoms with Crippen LogP contribution in [-0.2, 0) is 9.53 Å². The lowest BCUT2D eigenvalue weighted by Crippen LogP contribution is -2.20. The summed E-state index contributed by atoms with van der Waals surface area (Å²) in [4.78, 5) is 11.2. The van der Waals surface area contributed by atoms with Crippen LogP contribution in [0, 0.1) is 5.92 Å². The molecular weight excluding hydrogens is 376 g/mol. The molecule has 1 saturated carbocycles. The molecule has 1 fully saturated rings. The smallest absolute Gasteiger partial charge is 0.343 e. The molecule has 0 unspecified atom stereocenters. The van der Waals surface area contributed by atoms with Crippen LogP contribution < -0.4 is 4.74 Å². The molecule has 0 aliphatic heterocycles. The summed E-state index contributed by atoms with van der Waals surface area (Å²) >= 11 is 3.47. The number of hydrogen-bond donors (Lipinski definition) is 1. The molecule has 0 spiro atoms. The van der Waals surface area contributed by atoms with Gasteiger partial charge in [0.15, 0.2) is 6.61 Å². The van der Waals surface area contributed by atoms with Crippen LogP contribution >= 0.6 is 15.9 Å². The number of aliphatic hydroxyl groups excluding tert-OH is 1. The molecule has 2 aromatic rings. The van der Waals surface area contributed by atoms with E-state index in [-0.39, 0.29) is 13.2 Å². The SMILES string of the molecule is COC(=O)COc1cc2nn(C3CCC(CO)CC3)cc2cc1Br. The molecule has 0 saturated heterocycles. The van der Waals surface area contributed by atoms with Gasteiger partial charge < -0.3 is 14.6 Å². The van der Waals surface area contributed by atoms with E-state index in [0.29, 0.717) is 17.7 Å². The Bertz CT molecular complexity index is 723. The summed E-state index contributed by atoms with van der Waals surface area (Å²) < 4.78 is 12.9. The van der Waals surface area contributed by atoms with E-state index >= 15 is 0 Å². The van der Waals surface area contributed by atoms with Gasteiger partial charge in [0.05, 0.1) is 23.1 Å². The van der Waals surface area contributed by atoms with Crippen molar-refractivity contribution < 1.29 is 19.4 Å². The fraction of sp³-hybridized carbons (Fsp3) is 0.529. The molecule has 1 aromatic heterocycles. The molecule has 1 aliphatic carbocycles. The van der Waals surface area contributed by atoms with Crippen LogP contribution in [0.15, 0.2) is 22.8 Å². The number of carbonyl (C=O) groups is 1. The number of aromatic nitrogens is 2. The summed E-state index contributed by atoms with van der Waals surface area (Å²) in [5, 5.41) is 15.0. The third-order valence-corrected chi connectivity index (χ3v) is 5.22. The van der Waals surface area contributed by atoms with Crippen LogP contribution in [0.25, 0.3) is 10.9 Å². The van der Waals surface area contributed by atoms with Gasteiger partial charge in [-0.2, -0.15) is 5.10 Å². The van der Waals surface area contributed by atoms with Gasteiger partial charge in [0.25, 0.3) is 0 Å². The number of esters is 1. The molecule has 1 N–H and O–H groups in total. The Balaban J connectivity index is 1.77. The molecule has 0 bridgehead atoms. The number of carbonyl (C=O) groups excluding carboxylic acids is 1. The maximum Gasteiger partial charge on any atom is 0.343 e. The molecule has 1 aromatic carbocycles. The first-order chi connectivity index (χ1) is 11.6. The molecule has 0 atom stereocenters. The van der Waals surface area contributed by atoms with Crippen molar-refractivity contribution >= 4 is 32.8 Å². The van der Waals surface area contributed by atoms with Gasteiger partial charge in [-0.3, -0.25) is 4.68 Å². The van der Waals surface area contributed by atoms with Crippen molar-refractivity contribution in [3.05, 3.63) is 22.8 Å². The third kappa shape index (κ3) is 3.72. The van der Waals surface area contributed by atoms with Crippen molar-refractivity contribution in [3.63, 3.8) is 0 Å². The van der Waals surface area contributed by atoms with Gasteiger partial charge >= 0.3 is 5.97 Å². The molecule has 3 rings (SSSR count). The monoisotopic (exact) mass is 396 g/mol. The van der Waals surface area contributed by atoms with E-state index in [1.54, 1.807) is 0 Å². The van der Waals surface area contributed by atoms with Crippen LogP contribution in [0.5, 0.6) is 5.75 Å².